The number of imide groups is 1. The standard InChI is InChI=1S/C24H19ClN2O5S2/c1-31-19-8-6-14(25)10-18(19)20-9-7-16(32-20)12-21-23(29)27(24(30)34-21)13-22(28)26-15-4-3-5-17(11-15)33-2/h3-12H,13H2,1-2H3,(H,26,28)/b21-12+. The Morgan fingerprint density at radius 3 is 2.79 bits per heavy atom. The Hall–Kier alpha value is -3.14. The highest BCUT2D eigenvalue weighted by Crippen LogP contribution is 2.36. The first-order chi connectivity index (χ1) is 16.4. The highest BCUT2D eigenvalue weighted by atomic mass is 35.5. The van der Waals surface area contributed by atoms with Gasteiger partial charge < -0.3 is 14.5 Å². The van der Waals surface area contributed by atoms with E-state index < -0.39 is 17.1 Å². The van der Waals surface area contributed by atoms with Crippen LogP contribution in [0.25, 0.3) is 17.4 Å². The minimum Gasteiger partial charge on any atom is -0.496 e. The van der Waals surface area contributed by atoms with Crippen LogP contribution >= 0.6 is 35.1 Å². The molecule has 4 rings (SSSR count). The van der Waals surface area contributed by atoms with E-state index in [2.05, 4.69) is 5.32 Å². The third-order valence-electron chi connectivity index (χ3n) is 4.86. The van der Waals surface area contributed by atoms with Gasteiger partial charge in [0.05, 0.1) is 17.6 Å². The Kier molecular flexibility index (Phi) is 7.35. The molecule has 1 aliphatic heterocycles. The number of benzene rings is 2. The number of hydrogen-bond acceptors (Lipinski definition) is 7. The van der Waals surface area contributed by atoms with E-state index >= 15 is 0 Å². The summed E-state index contributed by atoms with van der Waals surface area (Å²) in [5, 5.41) is 2.72. The number of nitrogens with zero attached hydrogens (tertiary/aromatic N) is 1. The molecule has 1 saturated heterocycles. The Bertz CT molecular complexity index is 1300. The lowest BCUT2D eigenvalue weighted by molar-refractivity contribution is -0.127. The number of nitrogens with one attached hydrogen (secondary N) is 1. The maximum absolute atomic E-state index is 12.8. The third-order valence-corrected chi connectivity index (χ3v) is 6.72. The fourth-order valence-corrected chi connectivity index (χ4v) is 4.71. The Morgan fingerprint density at radius 1 is 1.21 bits per heavy atom. The van der Waals surface area contributed by atoms with Crippen molar-refractivity contribution in [3.05, 3.63) is 70.3 Å². The minimum absolute atomic E-state index is 0.168. The molecule has 0 saturated carbocycles. The second-order valence-electron chi connectivity index (χ2n) is 7.09. The summed E-state index contributed by atoms with van der Waals surface area (Å²) in [7, 11) is 1.54. The van der Waals surface area contributed by atoms with Gasteiger partial charge in [0.1, 0.15) is 23.8 Å². The van der Waals surface area contributed by atoms with Crippen molar-refractivity contribution in [2.45, 2.75) is 4.90 Å². The van der Waals surface area contributed by atoms with Crippen molar-refractivity contribution < 1.29 is 23.5 Å². The van der Waals surface area contributed by atoms with E-state index in [9.17, 15) is 14.4 Å². The van der Waals surface area contributed by atoms with Crippen molar-refractivity contribution >= 4 is 63.9 Å². The molecule has 0 spiro atoms. The van der Waals surface area contributed by atoms with Crippen LogP contribution in [0.15, 0.2) is 68.8 Å². The van der Waals surface area contributed by atoms with E-state index in [0.717, 1.165) is 21.6 Å². The number of thioether (sulfide) groups is 2. The molecule has 174 valence electrons. The number of ether oxygens (including phenoxy) is 1. The molecule has 1 aromatic heterocycles. The number of halogens is 1. The lowest BCUT2D eigenvalue weighted by Gasteiger charge is -2.12. The monoisotopic (exact) mass is 514 g/mol. The summed E-state index contributed by atoms with van der Waals surface area (Å²) in [4.78, 5) is 39.7. The summed E-state index contributed by atoms with van der Waals surface area (Å²) in [6, 6.07) is 15.9. The Balaban J connectivity index is 1.47. The highest BCUT2D eigenvalue weighted by Gasteiger charge is 2.36. The SMILES string of the molecule is COc1ccc(Cl)cc1-c1ccc(/C=C2/SC(=O)N(CC(=O)Nc3cccc(SC)c3)C2=O)o1. The molecule has 0 atom stereocenters. The predicted molar refractivity (Wildman–Crippen MR) is 135 cm³/mol. The number of carbonyl (C=O) groups excluding carboxylic acids is 3. The summed E-state index contributed by atoms with van der Waals surface area (Å²) < 4.78 is 11.2. The van der Waals surface area contributed by atoms with Crippen LogP contribution in [0, 0.1) is 0 Å². The zero-order chi connectivity index (χ0) is 24.2. The molecule has 0 radical (unpaired) electrons. The van der Waals surface area contributed by atoms with Gasteiger partial charge in [-0.15, -0.1) is 11.8 Å². The molecular formula is C24H19ClN2O5S2. The topological polar surface area (TPSA) is 88.9 Å². The van der Waals surface area contributed by atoms with Crippen LogP contribution in [0.3, 0.4) is 0 Å². The van der Waals surface area contributed by atoms with Gasteiger partial charge in [0.25, 0.3) is 11.1 Å². The molecule has 0 unspecified atom stereocenters. The number of carbonyl (C=O) groups is 3. The van der Waals surface area contributed by atoms with Crippen LogP contribution < -0.4 is 10.1 Å². The van der Waals surface area contributed by atoms with Gasteiger partial charge in [0.2, 0.25) is 5.91 Å². The van der Waals surface area contributed by atoms with Crippen molar-refractivity contribution in [1.82, 2.24) is 4.90 Å². The van der Waals surface area contributed by atoms with Gasteiger partial charge in [-0.1, -0.05) is 17.7 Å². The third kappa shape index (κ3) is 5.32. The number of amides is 3. The Labute approximate surface area is 209 Å². The average molecular weight is 515 g/mol. The number of anilines is 1. The number of hydrogen-bond donors (Lipinski definition) is 1. The highest BCUT2D eigenvalue weighted by molar-refractivity contribution is 8.18. The van der Waals surface area contributed by atoms with E-state index in [1.54, 1.807) is 55.3 Å². The summed E-state index contributed by atoms with van der Waals surface area (Å²) in [6.45, 7) is -0.380. The lowest BCUT2D eigenvalue weighted by Crippen LogP contribution is -2.36. The van der Waals surface area contributed by atoms with Gasteiger partial charge >= 0.3 is 0 Å². The van der Waals surface area contributed by atoms with Crippen molar-refractivity contribution in [3.63, 3.8) is 0 Å². The maximum atomic E-state index is 12.8. The van der Waals surface area contributed by atoms with Crippen molar-refractivity contribution in [2.75, 3.05) is 25.2 Å². The van der Waals surface area contributed by atoms with Gasteiger partial charge in [-0.2, -0.15) is 0 Å². The first-order valence-corrected chi connectivity index (χ1v) is 12.4. The second kappa shape index (κ2) is 10.4. The zero-order valence-electron chi connectivity index (χ0n) is 18.2. The quantitative estimate of drug-likeness (QED) is 0.305. The first-order valence-electron chi connectivity index (χ1n) is 10.0. The minimum atomic E-state index is -0.554. The molecule has 1 fully saturated rings. The smallest absolute Gasteiger partial charge is 0.294 e. The normalized spacial score (nSPS) is 14.7. The van der Waals surface area contributed by atoms with E-state index in [4.69, 9.17) is 20.8 Å². The van der Waals surface area contributed by atoms with Crippen molar-refractivity contribution in [2.24, 2.45) is 0 Å². The van der Waals surface area contributed by atoms with Crippen molar-refractivity contribution in [1.29, 1.82) is 0 Å². The molecule has 7 nitrogen and oxygen atoms in total. The molecule has 1 N–H and O–H groups in total. The molecule has 3 amide bonds. The van der Waals surface area contributed by atoms with Crippen LogP contribution in [-0.2, 0) is 9.59 Å². The molecular weight excluding hydrogens is 496 g/mol. The molecule has 2 aromatic carbocycles. The second-order valence-corrected chi connectivity index (χ2v) is 9.40. The molecule has 34 heavy (non-hydrogen) atoms. The van der Waals surface area contributed by atoms with E-state index in [0.29, 0.717) is 33.5 Å². The molecule has 0 aliphatic carbocycles. The van der Waals surface area contributed by atoms with Gasteiger partial charge in [0.15, 0.2) is 0 Å². The van der Waals surface area contributed by atoms with Crippen LogP contribution in [0.2, 0.25) is 5.02 Å². The van der Waals surface area contributed by atoms with Crippen LogP contribution in [0.4, 0.5) is 10.5 Å². The molecule has 0 bridgehead atoms. The van der Waals surface area contributed by atoms with Gasteiger partial charge in [-0.25, -0.2) is 0 Å². The number of rotatable bonds is 7. The summed E-state index contributed by atoms with van der Waals surface area (Å²) in [5.74, 6) is 0.439. The van der Waals surface area contributed by atoms with Crippen molar-refractivity contribution in [3.8, 4) is 17.1 Å². The summed E-state index contributed by atoms with van der Waals surface area (Å²) in [5.41, 5.74) is 1.25. The van der Waals surface area contributed by atoms with Gasteiger partial charge in [-0.3, -0.25) is 19.3 Å². The van der Waals surface area contributed by atoms with E-state index in [1.807, 2.05) is 24.5 Å². The van der Waals surface area contributed by atoms with Crippen LogP contribution in [0.1, 0.15) is 5.76 Å². The zero-order valence-corrected chi connectivity index (χ0v) is 20.6. The molecule has 10 heteroatoms. The average Bonchev–Trinajstić information content (AvgIpc) is 3.39. The Morgan fingerprint density at radius 2 is 2.03 bits per heavy atom. The molecule has 1 aliphatic rings. The summed E-state index contributed by atoms with van der Waals surface area (Å²) >= 11 is 8.39. The van der Waals surface area contributed by atoms with Crippen LogP contribution in [-0.4, -0.2) is 41.9 Å². The molecule has 2 heterocycles. The van der Waals surface area contributed by atoms with Gasteiger partial charge in [-0.05, 0) is 66.5 Å². The van der Waals surface area contributed by atoms with E-state index in [-0.39, 0.29) is 11.4 Å². The largest absolute Gasteiger partial charge is 0.496 e. The fraction of sp³-hybridized carbons (Fsp3) is 0.125. The van der Waals surface area contributed by atoms with Crippen LogP contribution in [0.5, 0.6) is 5.75 Å². The number of furan rings is 1. The number of methoxy groups -OCH3 is 1. The lowest BCUT2D eigenvalue weighted by atomic mass is 10.1. The first kappa shape index (κ1) is 24.0. The summed E-state index contributed by atoms with van der Waals surface area (Å²) in [6.07, 6.45) is 3.41. The fourth-order valence-electron chi connectivity index (χ4n) is 3.26. The maximum Gasteiger partial charge on any atom is 0.294 e. The predicted octanol–water partition coefficient (Wildman–Crippen LogP) is 6.01. The van der Waals surface area contributed by atoms with E-state index in [1.165, 1.54) is 6.08 Å². The van der Waals surface area contributed by atoms with Gasteiger partial charge in [0, 0.05) is 21.7 Å². The molecule has 3 aromatic rings.